The number of fused-ring (bicyclic) bond motifs is 1. The third kappa shape index (κ3) is 5.02. The van der Waals surface area contributed by atoms with Crippen LogP contribution in [0.1, 0.15) is 26.2 Å². The Morgan fingerprint density at radius 1 is 1.12 bits per heavy atom. The number of ether oxygens (including phenoxy) is 2. The third-order valence-electron chi connectivity index (χ3n) is 5.95. The summed E-state index contributed by atoms with van der Waals surface area (Å²) in [6.45, 7) is 4.79. The molecular formula is C26H31N3O3. The van der Waals surface area contributed by atoms with Gasteiger partial charge in [0.2, 0.25) is 5.91 Å². The topological polar surface area (TPSA) is 63.7 Å². The zero-order chi connectivity index (χ0) is 22.3. The van der Waals surface area contributed by atoms with Gasteiger partial charge in [0, 0.05) is 63.2 Å². The average molecular weight is 434 g/mol. The van der Waals surface area contributed by atoms with E-state index in [2.05, 4.69) is 40.6 Å². The molecule has 1 aliphatic heterocycles. The van der Waals surface area contributed by atoms with E-state index in [1.165, 1.54) is 0 Å². The number of nitrogens with zero attached hydrogens (tertiary/aromatic N) is 2. The van der Waals surface area contributed by atoms with Gasteiger partial charge in [-0.25, -0.2) is 0 Å². The van der Waals surface area contributed by atoms with E-state index in [0.717, 1.165) is 59.4 Å². The summed E-state index contributed by atoms with van der Waals surface area (Å²) in [4.78, 5) is 18.4. The van der Waals surface area contributed by atoms with Gasteiger partial charge in [0.05, 0.1) is 17.8 Å². The monoisotopic (exact) mass is 433 g/mol. The van der Waals surface area contributed by atoms with Gasteiger partial charge in [-0.3, -0.25) is 9.78 Å². The second-order valence-electron chi connectivity index (χ2n) is 8.06. The second-order valence-corrected chi connectivity index (χ2v) is 8.06. The number of likely N-dealkylation sites (tertiary alicyclic amines) is 1. The van der Waals surface area contributed by atoms with Crippen molar-refractivity contribution in [2.75, 3.05) is 38.7 Å². The van der Waals surface area contributed by atoms with E-state index in [4.69, 9.17) is 9.47 Å². The van der Waals surface area contributed by atoms with Crippen LogP contribution < -0.4 is 10.1 Å². The lowest BCUT2D eigenvalue weighted by Crippen LogP contribution is -2.41. The lowest BCUT2D eigenvalue weighted by molar-refractivity contribution is -0.132. The van der Waals surface area contributed by atoms with Crippen LogP contribution in [0, 0.1) is 0 Å². The first-order valence-corrected chi connectivity index (χ1v) is 11.3. The minimum absolute atomic E-state index is 0.151. The number of amides is 1. The van der Waals surface area contributed by atoms with Crippen molar-refractivity contribution in [3.05, 3.63) is 54.7 Å². The van der Waals surface area contributed by atoms with E-state index in [1.807, 2.05) is 36.2 Å². The predicted octanol–water partition coefficient (Wildman–Crippen LogP) is 4.74. The van der Waals surface area contributed by atoms with Crippen LogP contribution in [0.15, 0.2) is 54.7 Å². The summed E-state index contributed by atoms with van der Waals surface area (Å²) in [6, 6.07) is 16.5. The molecule has 0 unspecified atom stereocenters. The minimum atomic E-state index is 0.151. The van der Waals surface area contributed by atoms with E-state index in [0.29, 0.717) is 19.6 Å². The van der Waals surface area contributed by atoms with Crippen molar-refractivity contribution in [2.45, 2.75) is 32.3 Å². The zero-order valence-corrected chi connectivity index (χ0v) is 18.8. The van der Waals surface area contributed by atoms with Crippen molar-refractivity contribution in [1.29, 1.82) is 0 Å². The van der Waals surface area contributed by atoms with Crippen molar-refractivity contribution in [3.8, 4) is 16.9 Å². The van der Waals surface area contributed by atoms with Gasteiger partial charge in [0.25, 0.3) is 0 Å². The molecule has 1 aromatic heterocycles. The number of carbonyl (C=O) groups excluding carboxylic acids is 1. The van der Waals surface area contributed by atoms with Crippen molar-refractivity contribution in [1.82, 2.24) is 9.88 Å². The number of anilines is 1. The van der Waals surface area contributed by atoms with Crippen molar-refractivity contribution in [2.24, 2.45) is 0 Å². The van der Waals surface area contributed by atoms with Crippen molar-refractivity contribution < 1.29 is 14.3 Å². The SMILES string of the molecule is CCC(=O)N1CCC(Oc2ccc(-c3ccc4cccnc4c3NCCOC)cc2)CC1. The highest BCUT2D eigenvalue weighted by Gasteiger charge is 2.23. The second kappa shape index (κ2) is 10.5. The van der Waals surface area contributed by atoms with Gasteiger partial charge in [0.15, 0.2) is 0 Å². The highest BCUT2D eigenvalue weighted by molar-refractivity contribution is 5.99. The van der Waals surface area contributed by atoms with Gasteiger partial charge < -0.3 is 19.7 Å². The zero-order valence-electron chi connectivity index (χ0n) is 18.8. The fraction of sp³-hybridized carbons (Fsp3) is 0.385. The first-order valence-electron chi connectivity index (χ1n) is 11.3. The molecule has 0 bridgehead atoms. The standard InChI is InChI=1S/C26H31N3O3/c1-3-24(30)29-16-12-22(13-17-29)32-21-9-6-19(7-10-21)23-11-8-20-5-4-14-27-25(20)26(23)28-15-18-31-2/h4-11,14,22,28H,3,12-13,15-18H2,1-2H3. The number of hydrogen-bond donors (Lipinski definition) is 1. The molecule has 168 valence electrons. The Kier molecular flexibility index (Phi) is 7.22. The fourth-order valence-electron chi connectivity index (χ4n) is 4.19. The number of rotatable bonds is 8. The molecule has 32 heavy (non-hydrogen) atoms. The molecule has 1 fully saturated rings. The van der Waals surface area contributed by atoms with Gasteiger partial charge >= 0.3 is 0 Å². The van der Waals surface area contributed by atoms with E-state index < -0.39 is 0 Å². The van der Waals surface area contributed by atoms with Crippen LogP contribution in [-0.4, -0.2) is 55.2 Å². The molecule has 0 saturated carbocycles. The molecule has 1 aliphatic rings. The molecule has 6 heteroatoms. The molecule has 1 saturated heterocycles. The lowest BCUT2D eigenvalue weighted by atomic mass is 10.0. The molecule has 0 spiro atoms. The van der Waals surface area contributed by atoms with E-state index >= 15 is 0 Å². The van der Waals surface area contributed by atoms with Crippen molar-refractivity contribution in [3.63, 3.8) is 0 Å². The van der Waals surface area contributed by atoms with Crippen LogP contribution in [0.25, 0.3) is 22.0 Å². The number of piperidine rings is 1. The molecular weight excluding hydrogens is 402 g/mol. The number of aromatic nitrogens is 1. The first kappa shape index (κ1) is 22.1. The Balaban J connectivity index is 1.49. The maximum Gasteiger partial charge on any atom is 0.222 e. The Morgan fingerprint density at radius 2 is 1.91 bits per heavy atom. The molecule has 2 aromatic carbocycles. The van der Waals surface area contributed by atoms with E-state index in [9.17, 15) is 4.79 Å². The number of benzene rings is 2. The normalized spacial score (nSPS) is 14.5. The van der Waals surface area contributed by atoms with Crippen LogP contribution in [0.2, 0.25) is 0 Å². The van der Waals surface area contributed by atoms with Gasteiger partial charge in [0.1, 0.15) is 11.9 Å². The Bertz CT molecular complexity index is 1040. The van der Waals surface area contributed by atoms with Gasteiger partial charge in [-0.1, -0.05) is 37.3 Å². The van der Waals surface area contributed by atoms with Crippen molar-refractivity contribution >= 4 is 22.5 Å². The van der Waals surface area contributed by atoms with Crippen LogP contribution in [0.5, 0.6) is 5.75 Å². The fourth-order valence-corrected chi connectivity index (χ4v) is 4.19. The molecule has 2 heterocycles. The Labute approximate surface area is 189 Å². The number of carbonyl (C=O) groups is 1. The number of hydrogen-bond acceptors (Lipinski definition) is 5. The van der Waals surface area contributed by atoms with Gasteiger partial charge in [-0.15, -0.1) is 0 Å². The quantitative estimate of drug-likeness (QED) is 0.520. The minimum Gasteiger partial charge on any atom is -0.490 e. The van der Waals surface area contributed by atoms with Gasteiger partial charge in [-0.05, 0) is 23.8 Å². The molecule has 1 amide bonds. The maximum atomic E-state index is 11.9. The predicted molar refractivity (Wildman–Crippen MR) is 128 cm³/mol. The Morgan fingerprint density at radius 3 is 2.62 bits per heavy atom. The summed E-state index contributed by atoms with van der Waals surface area (Å²) in [5.41, 5.74) is 4.18. The molecule has 1 N–H and O–H groups in total. The Hall–Kier alpha value is -3.12. The van der Waals surface area contributed by atoms with Crippen LogP contribution >= 0.6 is 0 Å². The first-order chi connectivity index (χ1) is 15.7. The van der Waals surface area contributed by atoms with Crippen LogP contribution in [0.3, 0.4) is 0 Å². The smallest absolute Gasteiger partial charge is 0.222 e. The summed E-state index contributed by atoms with van der Waals surface area (Å²) in [5, 5.41) is 4.60. The van der Waals surface area contributed by atoms with Gasteiger partial charge in [-0.2, -0.15) is 0 Å². The number of pyridine rings is 1. The summed E-state index contributed by atoms with van der Waals surface area (Å²) in [7, 11) is 1.70. The summed E-state index contributed by atoms with van der Waals surface area (Å²) in [5.74, 6) is 1.09. The molecule has 3 aromatic rings. The molecule has 0 aliphatic carbocycles. The largest absolute Gasteiger partial charge is 0.490 e. The molecule has 6 nitrogen and oxygen atoms in total. The third-order valence-corrected chi connectivity index (χ3v) is 5.95. The number of methoxy groups -OCH3 is 1. The molecule has 0 atom stereocenters. The molecule has 0 radical (unpaired) electrons. The number of nitrogens with one attached hydrogen (secondary N) is 1. The van der Waals surface area contributed by atoms with E-state index in [-0.39, 0.29) is 12.0 Å². The highest BCUT2D eigenvalue weighted by Crippen LogP contribution is 2.34. The van der Waals surface area contributed by atoms with Crippen LogP contribution in [0.4, 0.5) is 5.69 Å². The maximum absolute atomic E-state index is 11.9. The summed E-state index contributed by atoms with van der Waals surface area (Å²) < 4.78 is 11.4. The van der Waals surface area contributed by atoms with E-state index in [1.54, 1.807) is 7.11 Å². The lowest BCUT2D eigenvalue weighted by Gasteiger charge is -2.32. The van der Waals surface area contributed by atoms with Crippen LogP contribution in [-0.2, 0) is 9.53 Å². The average Bonchev–Trinajstić information content (AvgIpc) is 2.85. The highest BCUT2D eigenvalue weighted by atomic mass is 16.5. The summed E-state index contributed by atoms with van der Waals surface area (Å²) in [6.07, 6.45) is 4.29. The summed E-state index contributed by atoms with van der Waals surface area (Å²) >= 11 is 0. The molecule has 4 rings (SSSR count).